The number of carbonyl (C=O) groups is 3. The lowest BCUT2D eigenvalue weighted by Crippen LogP contribution is -2.63. The number of Topliss-reactive ketones (excluding diaryl/α,β-unsaturated/α-hetero) is 1. The third-order valence-electron chi connectivity index (χ3n) is 16.0. The van der Waals surface area contributed by atoms with Crippen LogP contribution >= 0.6 is 22.6 Å². The molecule has 0 spiro atoms. The van der Waals surface area contributed by atoms with E-state index in [1.807, 2.05) is 29.5 Å². The van der Waals surface area contributed by atoms with Crippen molar-refractivity contribution in [3.05, 3.63) is 64.3 Å². The maximum absolute atomic E-state index is 15.5. The van der Waals surface area contributed by atoms with E-state index in [9.17, 15) is 19.8 Å². The Morgan fingerprint density at radius 3 is 2.27 bits per heavy atom. The molecule has 7 rings (SSSR count). The molecule has 19 heteroatoms. The number of ketones is 1. The van der Waals surface area contributed by atoms with Gasteiger partial charge in [-0.1, -0.05) is 60.4 Å². The molecule has 17 nitrogen and oxygen atoms in total. The number of aliphatic hydroxyl groups is 2. The van der Waals surface area contributed by atoms with Gasteiger partial charge in [0.1, 0.15) is 53.4 Å². The summed E-state index contributed by atoms with van der Waals surface area (Å²) in [5, 5.41) is 20.5. The number of aldehydes is 1. The topological polar surface area (TPSA) is 212 Å². The van der Waals surface area contributed by atoms with Crippen molar-refractivity contribution in [2.24, 2.45) is 11.8 Å². The lowest BCUT2D eigenvalue weighted by atomic mass is 9.81. The van der Waals surface area contributed by atoms with E-state index in [2.05, 4.69) is 20.1 Å². The molecule has 6 aliphatic rings. The van der Waals surface area contributed by atoms with E-state index in [-0.39, 0.29) is 54.9 Å². The summed E-state index contributed by atoms with van der Waals surface area (Å²) in [5.74, 6) is -1.65. The molecule has 1 amide bonds. The minimum Gasteiger partial charge on any atom is -0.444 e. The number of fused-ring (bicyclic) bond motifs is 1. The molecule has 2 unspecified atom stereocenters. The van der Waals surface area contributed by atoms with Crippen LogP contribution in [0.5, 0.6) is 0 Å². The van der Waals surface area contributed by atoms with E-state index in [0.717, 1.165) is 23.0 Å². The van der Waals surface area contributed by atoms with Crippen LogP contribution < -0.4 is 0 Å². The van der Waals surface area contributed by atoms with E-state index >= 15 is 13.2 Å². The number of amides is 1. The summed E-state index contributed by atoms with van der Waals surface area (Å²) < 4.78 is 90.3. The average molecular weight is 1180 g/mol. The number of hydrogen-bond donors (Lipinski definition) is 2. The molecule has 0 saturated carbocycles. The van der Waals surface area contributed by atoms with Crippen molar-refractivity contribution in [1.29, 1.82) is 0 Å². The summed E-state index contributed by atoms with van der Waals surface area (Å²) in [6.07, 6.45) is -4.31. The van der Waals surface area contributed by atoms with Gasteiger partial charge in [-0.25, -0.2) is 13.2 Å². The molecule has 0 aliphatic carbocycles. The zero-order valence-electron chi connectivity index (χ0n) is 45.2. The van der Waals surface area contributed by atoms with Crippen molar-refractivity contribution in [2.45, 2.75) is 232 Å². The van der Waals surface area contributed by atoms with Crippen molar-refractivity contribution in [2.75, 3.05) is 20.8 Å². The van der Waals surface area contributed by atoms with Gasteiger partial charge in [0.05, 0.1) is 72.5 Å². The van der Waals surface area contributed by atoms with E-state index in [4.69, 9.17) is 42.6 Å². The number of halogens is 1. The summed E-state index contributed by atoms with van der Waals surface area (Å²) in [7, 11) is -1.58. The fraction of sp³-hybridized carbons (Fsp3) is 0.732. The number of nitrogens with zero attached hydrogens (tertiary/aromatic N) is 1. The first-order chi connectivity index (χ1) is 35.4. The quantitative estimate of drug-likeness (QED) is 0.0736. The minimum atomic E-state index is -4.51. The van der Waals surface area contributed by atoms with Gasteiger partial charge in [0, 0.05) is 45.8 Å². The number of carbonyl (C=O) groups excluding carboxylic acids is 3. The van der Waals surface area contributed by atoms with Crippen LogP contribution in [0.4, 0.5) is 4.79 Å². The van der Waals surface area contributed by atoms with Gasteiger partial charge in [-0.05, 0) is 126 Å². The Labute approximate surface area is 457 Å². The Bertz CT molecular complexity index is 2300. The first-order valence-electron chi connectivity index (χ1n) is 26.7. The second-order valence-electron chi connectivity index (χ2n) is 23.0. The van der Waals surface area contributed by atoms with Gasteiger partial charge < -0.3 is 57.6 Å². The van der Waals surface area contributed by atoms with Crippen LogP contribution in [-0.4, -0.2) is 171 Å². The van der Waals surface area contributed by atoms with Crippen LogP contribution in [0.3, 0.4) is 0 Å². The molecule has 6 saturated heterocycles. The Morgan fingerprint density at radius 2 is 1.61 bits per heavy atom. The van der Waals surface area contributed by atoms with E-state index in [0.29, 0.717) is 51.4 Å². The van der Waals surface area contributed by atoms with Crippen LogP contribution in [0.2, 0.25) is 0 Å². The fourth-order valence-corrected chi connectivity index (χ4v) is 14.6. The van der Waals surface area contributed by atoms with Gasteiger partial charge in [-0.15, -0.1) is 0 Å². The summed E-state index contributed by atoms with van der Waals surface area (Å²) in [6.45, 7) is 21.9. The Morgan fingerprint density at radius 1 is 0.920 bits per heavy atom. The number of benzene rings is 1. The van der Waals surface area contributed by atoms with Crippen molar-refractivity contribution in [1.82, 2.24) is 4.90 Å². The predicted molar refractivity (Wildman–Crippen MR) is 287 cm³/mol. The highest BCUT2D eigenvalue weighted by Crippen LogP contribution is 2.46. The molecule has 0 aromatic heterocycles. The van der Waals surface area contributed by atoms with Crippen LogP contribution in [-0.2, 0) is 62.1 Å². The smallest absolute Gasteiger partial charge is 0.412 e. The van der Waals surface area contributed by atoms with Crippen LogP contribution in [0.1, 0.15) is 118 Å². The van der Waals surface area contributed by atoms with Gasteiger partial charge in [-0.3, -0.25) is 9.69 Å². The number of ether oxygens (including phenoxy) is 9. The molecular weight excluding hydrogens is 1100 g/mol. The summed E-state index contributed by atoms with van der Waals surface area (Å²) in [4.78, 5) is 41.7. The third kappa shape index (κ3) is 14.0. The number of hydrogen-bond acceptors (Lipinski definition) is 16. The molecule has 2 N–H and O–H groups in total. The molecule has 6 fully saturated rings. The third-order valence-corrected chi connectivity index (χ3v) is 18.6. The van der Waals surface area contributed by atoms with Crippen molar-refractivity contribution < 1.29 is 75.6 Å². The average Bonchev–Trinajstić information content (AvgIpc) is 3.97. The van der Waals surface area contributed by atoms with Crippen LogP contribution in [0.15, 0.2) is 63.6 Å². The molecule has 75 heavy (non-hydrogen) atoms. The molecule has 0 radical (unpaired) electrons. The van der Waals surface area contributed by atoms with Gasteiger partial charge in [0.15, 0.2) is 15.6 Å². The van der Waals surface area contributed by atoms with Crippen LogP contribution in [0.25, 0.3) is 0 Å². The Balaban J connectivity index is 1.21. The Kier molecular flexibility index (Phi) is 20.2. The molecule has 1 aromatic rings. The van der Waals surface area contributed by atoms with Gasteiger partial charge in [0.2, 0.25) is 0 Å². The van der Waals surface area contributed by atoms with Crippen molar-refractivity contribution in [3.8, 4) is 0 Å². The summed E-state index contributed by atoms with van der Waals surface area (Å²) >= 11 is 1.98. The molecule has 420 valence electrons. The molecule has 0 bridgehead atoms. The largest absolute Gasteiger partial charge is 0.444 e. The number of rotatable bonds is 20. The highest BCUT2D eigenvalue weighted by Gasteiger charge is 2.58. The summed E-state index contributed by atoms with van der Waals surface area (Å²) in [6, 6.07) is 6.44. The molecule has 1 aromatic carbocycles. The molecular formula is C56H82INO16S. The van der Waals surface area contributed by atoms with Gasteiger partial charge in [0.25, 0.3) is 0 Å². The van der Waals surface area contributed by atoms with Gasteiger partial charge >= 0.3 is 6.09 Å². The van der Waals surface area contributed by atoms with Crippen molar-refractivity contribution >= 4 is 50.6 Å². The molecule has 6 heterocycles. The highest BCUT2D eigenvalue weighted by atomic mass is 127. The fourth-order valence-electron chi connectivity index (χ4n) is 12.2. The highest BCUT2D eigenvalue weighted by molar-refractivity contribution is 14.1. The molecule has 6 aliphatic heterocycles. The number of aliphatic hydroxyl groups excluding tert-OH is 2. The van der Waals surface area contributed by atoms with E-state index < -0.39 is 117 Å². The number of aryl methyl sites for hydroxylation is 1. The second kappa shape index (κ2) is 25.2. The molecule has 18 atom stereocenters. The summed E-state index contributed by atoms with van der Waals surface area (Å²) in [5.41, 5.74) is 0.848. The Hall–Kier alpha value is -2.67. The van der Waals surface area contributed by atoms with Crippen LogP contribution in [0, 0.1) is 18.8 Å². The van der Waals surface area contributed by atoms with E-state index in [1.54, 1.807) is 50.8 Å². The second-order valence-corrected chi connectivity index (χ2v) is 25.8. The first kappa shape index (κ1) is 60.0. The lowest BCUT2D eigenvalue weighted by molar-refractivity contribution is -0.278. The maximum atomic E-state index is 15.5. The predicted octanol–water partition coefficient (Wildman–Crippen LogP) is 7.47. The first-order valence-corrected chi connectivity index (χ1v) is 29.5. The van der Waals surface area contributed by atoms with E-state index in [1.165, 1.54) is 37.3 Å². The minimum absolute atomic E-state index is 0.0316. The standard InChI is InChI=1S/C56H82INO16S/c1-31-14-18-39(19-15-31)75(64,65)53(41(61)27-37-17-21-43-51(70-37)52(67-11)48(62)49(72-43)40(60)22-23-57)47-45(71-46(50(47)66-10)28-38-30-58(56(8,9)73-38)54(63)74-55(5,6)7)29-44-34(4)32(2)25-36(69-44)16-20-42-33(3)26-35(68-42)13-12-24-59/h14-15,18-19,22-24,32,35-38,40,42-53,60,62H,3-4,12-13,16-17,20-21,25-30H2,1-2,5-11H3/b23-22+/t32-,35+,36+,37-,38+,40+,42+,43+,44?,45+,46-,47+,48-,49+,50+,51+,52-,53?/m1/s1. The normalized spacial score (nSPS) is 36.1. The lowest BCUT2D eigenvalue weighted by Gasteiger charge is -2.48. The zero-order valence-corrected chi connectivity index (χ0v) is 48.2. The van der Waals surface area contributed by atoms with Crippen molar-refractivity contribution in [3.63, 3.8) is 0 Å². The zero-order chi connectivity index (χ0) is 54.7. The van der Waals surface area contributed by atoms with Gasteiger partial charge in [-0.2, -0.15) is 0 Å². The number of methoxy groups -OCH3 is 2. The number of sulfone groups is 1. The SMILES string of the molecule is C=C1C(C[C@@H]2O[C@H](C[C@H]3CN(C(=O)OC(C)(C)C)C(C)(C)O3)[C@H](OC)[C@H]2C(C(=O)C[C@H]2CC[C@@H]3O[C@@H]([C@@H](O)/C=C/I)[C@@H](O)[C@@H](OC)[C@H]3O2)S(=O)(=O)c2ccc(C)cc2)O[C@@H](CC[C@@H]2O[C@@H](CCC=O)CC2=C)C[C@H]1C. The monoisotopic (exact) mass is 1180 g/mol. The maximum Gasteiger partial charge on any atom is 0.412 e.